The van der Waals surface area contributed by atoms with E-state index in [0.29, 0.717) is 24.0 Å². The second-order valence-electron chi connectivity index (χ2n) is 4.73. The molecule has 0 aromatic rings. The smallest absolute Gasteiger partial charge is 0.0594 e. The average Bonchev–Trinajstić information content (AvgIpc) is 2.44. The number of rotatable bonds is 6. The second-order valence-corrected chi connectivity index (χ2v) is 4.73. The summed E-state index contributed by atoms with van der Waals surface area (Å²) in [6, 6.07) is 0. The average molecular weight is 214 g/mol. The van der Waals surface area contributed by atoms with E-state index in [-0.39, 0.29) is 0 Å². The molecule has 1 aliphatic rings. The Hall–Kier alpha value is -0.120. The summed E-state index contributed by atoms with van der Waals surface area (Å²) in [6.45, 7) is 9.97. The largest absolute Gasteiger partial charge is 0.375 e. The number of ether oxygens (including phenoxy) is 1. The normalized spacial score (nSPS) is 36.0. The molecule has 1 saturated heterocycles. The van der Waals surface area contributed by atoms with Crippen molar-refractivity contribution in [1.29, 1.82) is 0 Å². The maximum Gasteiger partial charge on any atom is 0.0594 e. The number of hydrogen-bond acceptors (Lipinski definition) is 3. The first-order chi connectivity index (χ1) is 7.16. The van der Waals surface area contributed by atoms with E-state index in [0.717, 1.165) is 19.6 Å². The van der Waals surface area contributed by atoms with Crippen LogP contribution >= 0.6 is 0 Å². The topological polar surface area (TPSA) is 33.3 Å². The molecule has 90 valence electrons. The highest BCUT2D eigenvalue weighted by atomic mass is 16.5. The first-order valence-electron chi connectivity index (χ1n) is 6.17. The molecule has 0 aromatic heterocycles. The molecule has 0 aliphatic carbocycles. The lowest BCUT2D eigenvalue weighted by atomic mass is 9.89. The molecule has 15 heavy (non-hydrogen) atoms. The third-order valence-corrected chi connectivity index (χ3v) is 3.61. The molecular weight excluding hydrogens is 188 g/mol. The van der Waals surface area contributed by atoms with Crippen molar-refractivity contribution in [3.63, 3.8) is 0 Å². The minimum atomic E-state index is 0.409. The lowest BCUT2D eigenvalue weighted by molar-refractivity contribution is 0.0511. The Morgan fingerprint density at radius 3 is 2.33 bits per heavy atom. The van der Waals surface area contributed by atoms with Crippen molar-refractivity contribution in [1.82, 2.24) is 10.6 Å². The van der Waals surface area contributed by atoms with E-state index < -0.39 is 0 Å². The van der Waals surface area contributed by atoms with E-state index in [1.807, 2.05) is 7.05 Å². The third-order valence-electron chi connectivity index (χ3n) is 3.61. The van der Waals surface area contributed by atoms with Crippen LogP contribution in [0.25, 0.3) is 0 Å². The molecule has 4 unspecified atom stereocenters. The van der Waals surface area contributed by atoms with Gasteiger partial charge in [-0.25, -0.2) is 0 Å². The fourth-order valence-electron chi connectivity index (χ4n) is 2.35. The highest BCUT2D eigenvalue weighted by Gasteiger charge is 2.36. The van der Waals surface area contributed by atoms with Gasteiger partial charge in [-0.2, -0.15) is 0 Å². The Morgan fingerprint density at radius 2 is 1.80 bits per heavy atom. The van der Waals surface area contributed by atoms with E-state index in [2.05, 4.69) is 31.4 Å². The van der Waals surface area contributed by atoms with E-state index in [9.17, 15) is 0 Å². The summed E-state index contributed by atoms with van der Waals surface area (Å²) in [4.78, 5) is 0. The fraction of sp³-hybridized carbons (Fsp3) is 1.00. The molecule has 2 N–H and O–H groups in total. The summed E-state index contributed by atoms with van der Waals surface area (Å²) < 4.78 is 5.81. The van der Waals surface area contributed by atoms with Crippen LogP contribution in [0.1, 0.15) is 27.2 Å². The van der Waals surface area contributed by atoms with Gasteiger partial charge in [0.15, 0.2) is 0 Å². The molecule has 3 heteroatoms. The molecule has 0 bridgehead atoms. The zero-order valence-electron chi connectivity index (χ0n) is 10.5. The van der Waals surface area contributed by atoms with Crippen LogP contribution in [0.4, 0.5) is 0 Å². The van der Waals surface area contributed by atoms with Crippen LogP contribution in [0, 0.1) is 11.8 Å². The predicted octanol–water partition coefficient (Wildman–Crippen LogP) is 1.25. The van der Waals surface area contributed by atoms with Gasteiger partial charge in [0.25, 0.3) is 0 Å². The van der Waals surface area contributed by atoms with Gasteiger partial charge in [-0.15, -0.1) is 0 Å². The van der Waals surface area contributed by atoms with Crippen LogP contribution in [0.5, 0.6) is 0 Å². The van der Waals surface area contributed by atoms with Gasteiger partial charge in [0.05, 0.1) is 12.2 Å². The highest BCUT2D eigenvalue weighted by Crippen LogP contribution is 2.31. The van der Waals surface area contributed by atoms with Gasteiger partial charge >= 0.3 is 0 Å². The summed E-state index contributed by atoms with van der Waals surface area (Å²) in [5, 5.41) is 6.68. The van der Waals surface area contributed by atoms with E-state index >= 15 is 0 Å². The Morgan fingerprint density at radius 1 is 1.07 bits per heavy atom. The standard InChI is InChI=1S/C12H26N2O/c1-9-10(2)15-11(3)12(9)8-14-7-5-6-13-4/h9-14H,5-8H2,1-4H3. The van der Waals surface area contributed by atoms with Crippen molar-refractivity contribution in [2.24, 2.45) is 11.8 Å². The molecule has 1 fully saturated rings. The molecule has 0 radical (unpaired) electrons. The van der Waals surface area contributed by atoms with Gasteiger partial charge in [-0.1, -0.05) is 6.92 Å². The van der Waals surface area contributed by atoms with Gasteiger partial charge in [0.2, 0.25) is 0 Å². The quantitative estimate of drug-likeness (QED) is 0.653. The van der Waals surface area contributed by atoms with Crippen LogP contribution in [-0.4, -0.2) is 38.9 Å². The number of nitrogens with one attached hydrogen (secondary N) is 2. The van der Waals surface area contributed by atoms with Crippen molar-refractivity contribution < 1.29 is 4.74 Å². The zero-order valence-corrected chi connectivity index (χ0v) is 10.5. The molecule has 0 spiro atoms. The fourth-order valence-corrected chi connectivity index (χ4v) is 2.35. The molecule has 0 saturated carbocycles. The summed E-state index contributed by atoms with van der Waals surface area (Å²) in [6.07, 6.45) is 2.03. The van der Waals surface area contributed by atoms with Crippen molar-refractivity contribution in [2.45, 2.75) is 39.4 Å². The minimum Gasteiger partial charge on any atom is -0.375 e. The maximum absolute atomic E-state index is 5.81. The molecule has 4 atom stereocenters. The van der Waals surface area contributed by atoms with Crippen molar-refractivity contribution >= 4 is 0 Å². The second kappa shape index (κ2) is 6.46. The van der Waals surface area contributed by atoms with Crippen LogP contribution < -0.4 is 10.6 Å². The molecule has 0 amide bonds. The molecular formula is C12H26N2O. The van der Waals surface area contributed by atoms with E-state index in [1.165, 1.54) is 6.42 Å². The minimum absolute atomic E-state index is 0.409. The first kappa shape index (κ1) is 12.9. The van der Waals surface area contributed by atoms with Gasteiger partial charge < -0.3 is 15.4 Å². The summed E-state index contributed by atoms with van der Waals surface area (Å²) in [5.41, 5.74) is 0. The summed E-state index contributed by atoms with van der Waals surface area (Å²) in [7, 11) is 2.00. The van der Waals surface area contributed by atoms with Crippen LogP contribution in [0.2, 0.25) is 0 Å². The summed E-state index contributed by atoms with van der Waals surface area (Å²) in [5.74, 6) is 1.35. The van der Waals surface area contributed by atoms with Crippen LogP contribution in [0.15, 0.2) is 0 Å². The Labute approximate surface area is 94.0 Å². The first-order valence-corrected chi connectivity index (χ1v) is 6.17. The van der Waals surface area contributed by atoms with Crippen molar-refractivity contribution in [3.8, 4) is 0 Å². The van der Waals surface area contributed by atoms with Gasteiger partial charge in [0, 0.05) is 12.5 Å². The van der Waals surface area contributed by atoms with Gasteiger partial charge in [-0.3, -0.25) is 0 Å². The van der Waals surface area contributed by atoms with E-state index in [1.54, 1.807) is 0 Å². The highest BCUT2D eigenvalue weighted by molar-refractivity contribution is 4.85. The van der Waals surface area contributed by atoms with E-state index in [4.69, 9.17) is 4.74 Å². The molecule has 1 aliphatic heterocycles. The van der Waals surface area contributed by atoms with Crippen molar-refractivity contribution in [2.75, 3.05) is 26.7 Å². The molecule has 3 nitrogen and oxygen atoms in total. The Balaban J connectivity index is 2.15. The maximum atomic E-state index is 5.81. The Bertz CT molecular complexity index is 175. The molecule has 0 aromatic carbocycles. The number of hydrogen-bond donors (Lipinski definition) is 2. The lowest BCUT2D eigenvalue weighted by Gasteiger charge is -2.18. The Kier molecular flexibility index (Phi) is 5.58. The third kappa shape index (κ3) is 3.74. The lowest BCUT2D eigenvalue weighted by Crippen LogP contribution is -2.32. The van der Waals surface area contributed by atoms with Crippen LogP contribution in [-0.2, 0) is 4.74 Å². The molecule has 1 heterocycles. The van der Waals surface area contributed by atoms with Gasteiger partial charge in [-0.05, 0) is 46.3 Å². The zero-order chi connectivity index (χ0) is 11.3. The molecule has 1 rings (SSSR count). The summed E-state index contributed by atoms with van der Waals surface area (Å²) >= 11 is 0. The SMILES string of the molecule is CNCCCNCC1C(C)OC(C)C1C. The predicted molar refractivity (Wildman–Crippen MR) is 64.1 cm³/mol. The monoisotopic (exact) mass is 214 g/mol. The van der Waals surface area contributed by atoms with Crippen molar-refractivity contribution in [3.05, 3.63) is 0 Å². The van der Waals surface area contributed by atoms with Gasteiger partial charge in [0.1, 0.15) is 0 Å². The van der Waals surface area contributed by atoms with Crippen LogP contribution in [0.3, 0.4) is 0 Å².